The monoisotopic (exact) mass is 256 g/mol. The molecular weight excluding hydrogens is 224 g/mol. The highest BCUT2D eigenvalue weighted by molar-refractivity contribution is 4.66. The van der Waals surface area contributed by atoms with Crippen LogP contribution in [0.15, 0.2) is 0 Å². The van der Waals surface area contributed by atoms with Crippen LogP contribution in [0, 0.1) is 0 Å². The van der Waals surface area contributed by atoms with Crippen molar-refractivity contribution in [1.29, 1.82) is 0 Å². The van der Waals surface area contributed by atoms with Gasteiger partial charge in [0.1, 0.15) is 0 Å². The summed E-state index contributed by atoms with van der Waals surface area (Å²) < 4.78 is 5.70. The zero-order chi connectivity index (χ0) is 12.9. The molecule has 1 saturated heterocycles. The fourth-order valence-electron chi connectivity index (χ4n) is 2.39. The van der Waals surface area contributed by atoms with Gasteiger partial charge < -0.3 is 10.1 Å². The van der Waals surface area contributed by atoms with E-state index in [1.165, 1.54) is 58.0 Å². The first-order valence-electron chi connectivity index (χ1n) is 7.94. The number of hydrogen-bond donors (Lipinski definition) is 1. The molecule has 0 spiro atoms. The lowest BCUT2D eigenvalue weighted by Crippen LogP contribution is -2.44. The average Bonchev–Trinajstić information content (AvgIpc) is 2.42. The van der Waals surface area contributed by atoms with Gasteiger partial charge in [-0.2, -0.15) is 0 Å². The van der Waals surface area contributed by atoms with Gasteiger partial charge in [-0.1, -0.05) is 45.4 Å². The zero-order valence-electron chi connectivity index (χ0n) is 12.3. The van der Waals surface area contributed by atoms with Crippen molar-refractivity contribution in [2.75, 3.05) is 45.9 Å². The average molecular weight is 256 g/mol. The Balaban J connectivity index is 1.73. The van der Waals surface area contributed by atoms with Crippen LogP contribution in [-0.2, 0) is 4.74 Å². The molecule has 0 aromatic rings. The maximum absolute atomic E-state index is 5.70. The summed E-state index contributed by atoms with van der Waals surface area (Å²) in [6, 6.07) is 0. The van der Waals surface area contributed by atoms with E-state index >= 15 is 0 Å². The summed E-state index contributed by atoms with van der Waals surface area (Å²) in [7, 11) is 0. The molecule has 3 nitrogen and oxygen atoms in total. The Labute approximate surface area is 113 Å². The molecule has 0 saturated carbocycles. The Kier molecular flexibility index (Phi) is 10.6. The number of nitrogens with one attached hydrogen (secondary N) is 1. The minimum atomic E-state index is 0.913. The van der Waals surface area contributed by atoms with E-state index in [0.717, 1.165) is 32.8 Å². The van der Waals surface area contributed by atoms with Crippen LogP contribution >= 0.6 is 0 Å². The molecule has 0 atom stereocenters. The van der Waals surface area contributed by atoms with Crippen LogP contribution in [0.5, 0.6) is 0 Å². The van der Waals surface area contributed by atoms with Crippen molar-refractivity contribution in [1.82, 2.24) is 10.2 Å². The van der Waals surface area contributed by atoms with E-state index in [9.17, 15) is 0 Å². The highest BCUT2D eigenvalue weighted by atomic mass is 16.5. The molecule has 1 fully saturated rings. The molecule has 1 rings (SSSR count). The number of piperazine rings is 1. The molecule has 0 bridgehead atoms. The lowest BCUT2D eigenvalue weighted by molar-refractivity contribution is 0.0962. The van der Waals surface area contributed by atoms with Crippen molar-refractivity contribution in [2.24, 2.45) is 0 Å². The summed E-state index contributed by atoms with van der Waals surface area (Å²) in [5.41, 5.74) is 0. The van der Waals surface area contributed by atoms with Crippen LogP contribution in [0.3, 0.4) is 0 Å². The highest BCUT2D eigenvalue weighted by Crippen LogP contribution is 2.06. The van der Waals surface area contributed by atoms with Gasteiger partial charge in [-0.15, -0.1) is 0 Å². The van der Waals surface area contributed by atoms with Gasteiger partial charge in [-0.05, 0) is 6.42 Å². The van der Waals surface area contributed by atoms with Crippen LogP contribution in [0.1, 0.15) is 51.9 Å². The molecule has 0 radical (unpaired) electrons. The van der Waals surface area contributed by atoms with E-state index in [-0.39, 0.29) is 0 Å². The highest BCUT2D eigenvalue weighted by Gasteiger charge is 2.07. The van der Waals surface area contributed by atoms with Gasteiger partial charge in [0.15, 0.2) is 0 Å². The lowest BCUT2D eigenvalue weighted by Gasteiger charge is -2.26. The molecule has 1 aliphatic rings. The minimum absolute atomic E-state index is 0.913. The standard InChI is InChI=1S/C15H32N2O/c1-2-3-4-5-6-7-8-14-18-15-13-17-11-9-16-10-12-17/h16H,2-15H2,1H3. The van der Waals surface area contributed by atoms with Gasteiger partial charge >= 0.3 is 0 Å². The zero-order valence-corrected chi connectivity index (χ0v) is 12.3. The number of unbranched alkanes of at least 4 members (excludes halogenated alkanes) is 6. The van der Waals surface area contributed by atoms with Crippen molar-refractivity contribution in [3.63, 3.8) is 0 Å². The fourth-order valence-corrected chi connectivity index (χ4v) is 2.39. The molecule has 3 heteroatoms. The lowest BCUT2D eigenvalue weighted by atomic mass is 10.1. The Hall–Kier alpha value is -0.120. The third kappa shape index (κ3) is 8.90. The molecule has 0 aromatic heterocycles. The second-order valence-corrected chi connectivity index (χ2v) is 5.33. The Bertz CT molecular complexity index is 170. The van der Waals surface area contributed by atoms with Gasteiger partial charge in [0.25, 0.3) is 0 Å². The summed E-state index contributed by atoms with van der Waals surface area (Å²) in [5.74, 6) is 0. The van der Waals surface area contributed by atoms with Crippen molar-refractivity contribution in [2.45, 2.75) is 51.9 Å². The number of nitrogens with zero attached hydrogens (tertiary/aromatic N) is 1. The van der Waals surface area contributed by atoms with E-state index in [4.69, 9.17) is 4.74 Å². The Morgan fingerprint density at radius 2 is 1.56 bits per heavy atom. The van der Waals surface area contributed by atoms with Gasteiger partial charge in [-0.25, -0.2) is 0 Å². The molecular formula is C15H32N2O. The van der Waals surface area contributed by atoms with Crippen molar-refractivity contribution >= 4 is 0 Å². The van der Waals surface area contributed by atoms with Gasteiger partial charge in [0.2, 0.25) is 0 Å². The molecule has 0 unspecified atom stereocenters. The maximum atomic E-state index is 5.70. The second kappa shape index (κ2) is 11.9. The molecule has 1 N–H and O–H groups in total. The molecule has 0 amide bonds. The van der Waals surface area contributed by atoms with E-state index in [2.05, 4.69) is 17.1 Å². The van der Waals surface area contributed by atoms with E-state index in [0.29, 0.717) is 0 Å². The SMILES string of the molecule is CCCCCCCCCOCCN1CCNCC1. The Morgan fingerprint density at radius 3 is 2.28 bits per heavy atom. The predicted octanol–water partition coefficient (Wildman–Crippen LogP) is 2.66. The molecule has 1 aliphatic heterocycles. The quantitative estimate of drug-likeness (QED) is 0.575. The van der Waals surface area contributed by atoms with E-state index in [1.54, 1.807) is 0 Å². The van der Waals surface area contributed by atoms with Crippen LogP contribution in [0.4, 0.5) is 0 Å². The van der Waals surface area contributed by atoms with Crippen LogP contribution < -0.4 is 5.32 Å². The minimum Gasteiger partial charge on any atom is -0.380 e. The molecule has 1 heterocycles. The van der Waals surface area contributed by atoms with E-state index < -0.39 is 0 Å². The maximum Gasteiger partial charge on any atom is 0.0593 e. The van der Waals surface area contributed by atoms with Crippen molar-refractivity contribution < 1.29 is 4.74 Å². The molecule has 0 aromatic carbocycles. The van der Waals surface area contributed by atoms with Gasteiger partial charge in [0.05, 0.1) is 6.61 Å². The smallest absolute Gasteiger partial charge is 0.0593 e. The summed E-state index contributed by atoms with van der Waals surface area (Å²) in [6.07, 6.45) is 9.55. The molecule has 108 valence electrons. The van der Waals surface area contributed by atoms with Crippen LogP contribution in [0.25, 0.3) is 0 Å². The van der Waals surface area contributed by atoms with E-state index in [1.807, 2.05) is 0 Å². The van der Waals surface area contributed by atoms with Crippen LogP contribution in [-0.4, -0.2) is 50.8 Å². The van der Waals surface area contributed by atoms with Crippen molar-refractivity contribution in [3.05, 3.63) is 0 Å². The summed E-state index contributed by atoms with van der Waals surface area (Å²) in [5, 5.41) is 3.37. The normalized spacial score (nSPS) is 17.2. The fraction of sp³-hybridized carbons (Fsp3) is 1.00. The largest absolute Gasteiger partial charge is 0.380 e. The number of rotatable bonds is 11. The van der Waals surface area contributed by atoms with Gasteiger partial charge in [0, 0.05) is 39.3 Å². The van der Waals surface area contributed by atoms with Crippen molar-refractivity contribution in [3.8, 4) is 0 Å². The first kappa shape index (κ1) is 15.9. The second-order valence-electron chi connectivity index (χ2n) is 5.33. The number of hydrogen-bond acceptors (Lipinski definition) is 3. The third-order valence-corrected chi connectivity index (χ3v) is 3.65. The summed E-state index contributed by atoms with van der Waals surface area (Å²) >= 11 is 0. The topological polar surface area (TPSA) is 24.5 Å². The predicted molar refractivity (Wildman–Crippen MR) is 78.1 cm³/mol. The molecule has 0 aliphatic carbocycles. The third-order valence-electron chi connectivity index (χ3n) is 3.65. The first-order chi connectivity index (χ1) is 8.93. The summed E-state index contributed by atoms with van der Waals surface area (Å²) in [4.78, 5) is 2.49. The summed E-state index contributed by atoms with van der Waals surface area (Å²) in [6.45, 7) is 9.89. The number of ether oxygens (including phenoxy) is 1. The first-order valence-corrected chi connectivity index (χ1v) is 7.94. The molecule has 18 heavy (non-hydrogen) atoms. The van der Waals surface area contributed by atoms with Crippen LogP contribution in [0.2, 0.25) is 0 Å². The van der Waals surface area contributed by atoms with Gasteiger partial charge in [-0.3, -0.25) is 4.90 Å². The Morgan fingerprint density at radius 1 is 0.889 bits per heavy atom.